The Morgan fingerprint density at radius 3 is 2.39 bits per heavy atom. The minimum absolute atomic E-state index is 0.0794. The van der Waals surface area contributed by atoms with Crippen molar-refractivity contribution in [2.75, 3.05) is 12.0 Å². The van der Waals surface area contributed by atoms with E-state index in [9.17, 15) is 14.4 Å². The van der Waals surface area contributed by atoms with Crippen LogP contribution in [-0.2, 0) is 16.1 Å². The number of alkyl carbamates (subject to hydrolysis) is 1. The lowest BCUT2D eigenvalue weighted by Crippen LogP contribution is -2.43. The molecule has 1 aromatic heterocycles. The first-order valence-corrected chi connectivity index (χ1v) is 13.3. The van der Waals surface area contributed by atoms with E-state index in [1.54, 1.807) is 31.2 Å². The zero-order valence-electron chi connectivity index (χ0n) is 21.0. The molecule has 38 heavy (non-hydrogen) atoms. The zero-order valence-corrected chi connectivity index (χ0v) is 21.8. The van der Waals surface area contributed by atoms with E-state index in [4.69, 9.17) is 18.6 Å². The number of para-hydroxylation sites is 1. The fourth-order valence-corrected chi connectivity index (χ4v) is 4.11. The molecule has 1 unspecified atom stereocenters. The van der Waals surface area contributed by atoms with E-state index in [1.807, 2.05) is 42.7 Å². The summed E-state index contributed by atoms with van der Waals surface area (Å²) in [6.07, 6.45) is 1.53. The fraction of sp³-hybridized carbons (Fsp3) is 0.207. The Bertz CT molecular complexity index is 1450. The highest BCUT2D eigenvalue weighted by molar-refractivity contribution is 7.98. The number of nitrogens with one attached hydrogen (secondary N) is 1. The van der Waals surface area contributed by atoms with Crippen LogP contribution in [0.2, 0.25) is 0 Å². The van der Waals surface area contributed by atoms with Gasteiger partial charge < -0.3 is 23.9 Å². The lowest BCUT2D eigenvalue weighted by atomic mass is 10.2. The molecular formula is C29H27NO7S. The van der Waals surface area contributed by atoms with Crippen molar-refractivity contribution in [2.45, 2.75) is 26.0 Å². The van der Waals surface area contributed by atoms with Crippen LogP contribution in [0, 0.1) is 6.92 Å². The number of benzene rings is 3. The van der Waals surface area contributed by atoms with Crippen molar-refractivity contribution >= 4 is 34.8 Å². The molecule has 0 saturated carbocycles. The van der Waals surface area contributed by atoms with Gasteiger partial charge in [-0.15, -0.1) is 0 Å². The number of amides is 1. The van der Waals surface area contributed by atoms with E-state index in [0.29, 0.717) is 17.9 Å². The van der Waals surface area contributed by atoms with Gasteiger partial charge in [-0.2, -0.15) is 11.8 Å². The minimum Gasteiger partial charge on any atom is -0.457 e. The van der Waals surface area contributed by atoms with Gasteiger partial charge in [0.05, 0.1) is 5.39 Å². The molecule has 0 saturated heterocycles. The van der Waals surface area contributed by atoms with Gasteiger partial charge in [0.15, 0.2) is 0 Å². The molecule has 1 atom stereocenters. The monoisotopic (exact) mass is 533 g/mol. The van der Waals surface area contributed by atoms with Crippen LogP contribution in [0.1, 0.15) is 17.7 Å². The van der Waals surface area contributed by atoms with Gasteiger partial charge in [-0.3, -0.25) is 4.79 Å². The highest BCUT2D eigenvalue weighted by Crippen LogP contribution is 2.27. The van der Waals surface area contributed by atoms with Crippen molar-refractivity contribution in [1.29, 1.82) is 0 Å². The van der Waals surface area contributed by atoms with Crippen molar-refractivity contribution in [3.63, 3.8) is 0 Å². The van der Waals surface area contributed by atoms with E-state index in [1.165, 1.54) is 30.0 Å². The number of carbonyl (C=O) groups excluding carboxylic acids is 2. The molecule has 3 aromatic carbocycles. The van der Waals surface area contributed by atoms with Gasteiger partial charge in [0.25, 0.3) is 0 Å². The van der Waals surface area contributed by atoms with E-state index in [2.05, 4.69) is 5.32 Å². The minimum atomic E-state index is -0.920. The molecule has 0 bridgehead atoms. The SMILES string of the molecule is CSCCC(NC(=O)OCc1ccccc1)C(=O)Oc1ccc2c(=O)c(Oc3ccccc3)c(C)oc2c1. The quantitative estimate of drug-likeness (QED) is 0.200. The lowest BCUT2D eigenvalue weighted by Gasteiger charge is -2.17. The second-order valence-corrected chi connectivity index (χ2v) is 9.34. The Labute approximate surface area is 223 Å². The van der Waals surface area contributed by atoms with Gasteiger partial charge in [-0.1, -0.05) is 48.5 Å². The number of fused-ring (bicyclic) bond motifs is 1. The van der Waals surface area contributed by atoms with Gasteiger partial charge in [-0.05, 0) is 55.2 Å². The van der Waals surface area contributed by atoms with Crippen LogP contribution in [0.3, 0.4) is 0 Å². The van der Waals surface area contributed by atoms with Crippen LogP contribution < -0.4 is 20.2 Å². The van der Waals surface area contributed by atoms with Crippen LogP contribution in [0.15, 0.2) is 88.1 Å². The summed E-state index contributed by atoms with van der Waals surface area (Å²) in [4.78, 5) is 38.3. The number of aryl methyl sites for hydroxylation is 1. The highest BCUT2D eigenvalue weighted by atomic mass is 32.2. The third kappa shape index (κ3) is 6.95. The van der Waals surface area contributed by atoms with Gasteiger partial charge in [0, 0.05) is 6.07 Å². The Morgan fingerprint density at radius 1 is 0.974 bits per heavy atom. The normalized spacial score (nSPS) is 11.5. The number of carbonyl (C=O) groups is 2. The van der Waals surface area contributed by atoms with Gasteiger partial charge in [0.1, 0.15) is 35.5 Å². The first-order valence-electron chi connectivity index (χ1n) is 11.9. The topological polar surface area (TPSA) is 104 Å². The average Bonchev–Trinajstić information content (AvgIpc) is 2.93. The molecule has 8 nitrogen and oxygen atoms in total. The summed E-state index contributed by atoms with van der Waals surface area (Å²) in [5.41, 5.74) is 0.733. The summed E-state index contributed by atoms with van der Waals surface area (Å²) in [5.74, 6) is 1.03. The number of rotatable bonds is 10. The average molecular weight is 534 g/mol. The van der Waals surface area contributed by atoms with Crippen LogP contribution in [0.25, 0.3) is 11.0 Å². The molecule has 0 aliphatic carbocycles. The predicted molar refractivity (Wildman–Crippen MR) is 146 cm³/mol. The Balaban J connectivity index is 1.46. The van der Waals surface area contributed by atoms with Crippen molar-refractivity contribution < 1.29 is 28.2 Å². The Kier molecular flexibility index (Phi) is 9.05. The molecule has 0 aliphatic rings. The third-order valence-electron chi connectivity index (χ3n) is 5.57. The summed E-state index contributed by atoms with van der Waals surface area (Å²) < 4.78 is 22.4. The molecule has 0 aliphatic heterocycles. The molecule has 1 amide bonds. The van der Waals surface area contributed by atoms with Crippen LogP contribution in [0.4, 0.5) is 4.79 Å². The summed E-state index contributed by atoms with van der Waals surface area (Å²) in [6, 6.07) is 21.7. The molecule has 0 radical (unpaired) electrons. The highest BCUT2D eigenvalue weighted by Gasteiger charge is 2.24. The second kappa shape index (κ2) is 12.8. The van der Waals surface area contributed by atoms with Crippen LogP contribution >= 0.6 is 11.8 Å². The molecule has 9 heteroatoms. The van der Waals surface area contributed by atoms with Crippen LogP contribution in [0.5, 0.6) is 17.2 Å². The Hall–Kier alpha value is -4.24. The number of hydrogen-bond donors (Lipinski definition) is 1. The van der Waals surface area contributed by atoms with Gasteiger partial charge >= 0.3 is 12.1 Å². The first kappa shape index (κ1) is 26.8. The summed E-state index contributed by atoms with van der Waals surface area (Å²) in [7, 11) is 0. The van der Waals surface area contributed by atoms with E-state index in [0.717, 1.165) is 5.56 Å². The zero-order chi connectivity index (χ0) is 26.9. The summed E-state index contributed by atoms with van der Waals surface area (Å²) in [6.45, 7) is 1.71. The molecule has 196 valence electrons. The van der Waals surface area contributed by atoms with Gasteiger partial charge in [-0.25, -0.2) is 9.59 Å². The molecule has 1 N–H and O–H groups in total. The summed E-state index contributed by atoms with van der Waals surface area (Å²) >= 11 is 1.54. The molecule has 0 spiro atoms. The lowest BCUT2D eigenvalue weighted by molar-refractivity contribution is -0.136. The molecule has 4 aromatic rings. The van der Waals surface area contributed by atoms with Crippen LogP contribution in [-0.4, -0.2) is 30.1 Å². The maximum atomic E-state index is 13.0. The smallest absolute Gasteiger partial charge is 0.408 e. The maximum Gasteiger partial charge on any atom is 0.408 e. The number of hydrogen-bond acceptors (Lipinski definition) is 8. The molecule has 4 rings (SSSR count). The third-order valence-corrected chi connectivity index (χ3v) is 6.21. The van der Waals surface area contributed by atoms with Crippen molar-refractivity contribution in [2.24, 2.45) is 0 Å². The fourth-order valence-electron chi connectivity index (χ4n) is 3.64. The van der Waals surface area contributed by atoms with Crippen molar-refractivity contribution in [3.05, 3.63) is 100 Å². The standard InChI is InChI=1S/C29H27NO7S/c1-19-27(36-21-11-7-4-8-12-21)26(31)23-14-13-22(17-25(23)35-19)37-28(32)24(15-16-38-2)30-29(33)34-18-20-9-5-3-6-10-20/h3-14,17,24H,15-16,18H2,1-2H3,(H,30,33). The van der Waals surface area contributed by atoms with Crippen molar-refractivity contribution in [3.8, 4) is 17.2 Å². The van der Waals surface area contributed by atoms with Crippen molar-refractivity contribution in [1.82, 2.24) is 5.32 Å². The first-order chi connectivity index (χ1) is 18.4. The number of thioether (sulfide) groups is 1. The maximum absolute atomic E-state index is 13.0. The van der Waals surface area contributed by atoms with E-state index >= 15 is 0 Å². The van der Waals surface area contributed by atoms with E-state index in [-0.39, 0.29) is 40.3 Å². The number of ether oxygens (including phenoxy) is 3. The van der Waals surface area contributed by atoms with Gasteiger partial charge in [0.2, 0.25) is 11.2 Å². The second-order valence-electron chi connectivity index (χ2n) is 8.35. The number of esters is 1. The van der Waals surface area contributed by atoms with E-state index < -0.39 is 18.1 Å². The molecular weight excluding hydrogens is 506 g/mol. The molecule has 1 heterocycles. The Morgan fingerprint density at radius 2 is 1.68 bits per heavy atom. The molecule has 0 fully saturated rings. The largest absolute Gasteiger partial charge is 0.457 e. The predicted octanol–water partition coefficient (Wildman–Crippen LogP) is 5.85. The summed E-state index contributed by atoms with van der Waals surface area (Å²) in [5, 5.41) is 2.87.